The van der Waals surface area contributed by atoms with Gasteiger partial charge < -0.3 is 19.3 Å². The largest absolute Gasteiger partial charge is 0.389 e. The third-order valence-corrected chi connectivity index (χ3v) is 4.23. The monoisotopic (exact) mass is 316 g/mol. The van der Waals surface area contributed by atoms with E-state index >= 15 is 0 Å². The molecule has 2 aliphatic rings. The Balaban J connectivity index is 1.58. The molecule has 0 aromatic heterocycles. The standard InChI is InChI=1S/C19H24O4/c20-16-8-4-12-21-17(16)10-11-19-18(9-5-13-22-19)23-14-15-6-2-1-3-7-15/h1-3,6-7,16-20H,4-5,8-9,12-14H2/t16-,17+,18-,19+/m0/s1. The van der Waals surface area contributed by atoms with Gasteiger partial charge in [0.15, 0.2) is 0 Å². The molecule has 2 saturated heterocycles. The lowest BCUT2D eigenvalue weighted by Crippen LogP contribution is -2.36. The lowest BCUT2D eigenvalue weighted by atomic mass is 10.0. The molecule has 0 radical (unpaired) electrons. The van der Waals surface area contributed by atoms with Gasteiger partial charge >= 0.3 is 0 Å². The summed E-state index contributed by atoms with van der Waals surface area (Å²) in [6.07, 6.45) is 2.40. The summed E-state index contributed by atoms with van der Waals surface area (Å²) in [6, 6.07) is 10.1. The van der Waals surface area contributed by atoms with Gasteiger partial charge in [0.05, 0.1) is 18.8 Å². The van der Waals surface area contributed by atoms with Crippen LogP contribution in [0.5, 0.6) is 0 Å². The Labute approximate surface area is 137 Å². The molecule has 23 heavy (non-hydrogen) atoms. The van der Waals surface area contributed by atoms with Crippen molar-refractivity contribution in [3.05, 3.63) is 35.9 Å². The van der Waals surface area contributed by atoms with Gasteiger partial charge in [-0.15, -0.1) is 0 Å². The van der Waals surface area contributed by atoms with Crippen molar-refractivity contribution in [3.63, 3.8) is 0 Å². The minimum atomic E-state index is -0.497. The number of aliphatic hydroxyl groups excluding tert-OH is 1. The van der Waals surface area contributed by atoms with E-state index in [4.69, 9.17) is 14.2 Å². The predicted octanol–water partition coefficient (Wildman–Crippen LogP) is 2.29. The van der Waals surface area contributed by atoms with Crippen molar-refractivity contribution in [2.75, 3.05) is 13.2 Å². The number of rotatable bonds is 3. The first-order chi connectivity index (χ1) is 11.3. The minimum absolute atomic E-state index is 0.0304. The highest BCUT2D eigenvalue weighted by Gasteiger charge is 2.27. The van der Waals surface area contributed by atoms with Gasteiger partial charge in [0.25, 0.3) is 0 Å². The highest BCUT2D eigenvalue weighted by molar-refractivity contribution is 5.16. The molecule has 124 valence electrons. The quantitative estimate of drug-likeness (QED) is 0.869. The van der Waals surface area contributed by atoms with Crippen LogP contribution in [0.1, 0.15) is 31.2 Å². The predicted molar refractivity (Wildman–Crippen MR) is 86.7 cm³/mol. The van der Waals surface area contributed by atoms with Gasteiger partial charge in [-0.1, -0.05) is 42.2 Å². The molecule has 0 amide bonds. The zero-order valence-electron chi connectivity index (χ0n) is 13.3. The average Bonchev–Trinajstić information content (AvgIpc) is 2.61. The second-order valence-electron chi connectivity index (χ2n) is 6.06. The van der Waals surface area contributed by atoms with Crippen molar-refractivity contribution in [1.82, 2.24) is 0 Å². The molecule has 0 spiro atoms. The molecule has 0 bridgehead atoms. The molecule has 1 aromatic rings. The topological polar surface area (TPSA) is 47.9 Å². The van der Waals surface area contributed by atoms with Gasteiger partial charge in [-0.05, 0) is 31.2 Å². The fourth-order valence-corrected chi connectivity index (χ4v) is 2.90. The Morgan fingerprint density at radius 2 is 1.70 bits per heavy atom. The van der Waals surface area contributed by atoms with E-state index in [9.17, 15) is 5.11 Å². The molecule has 4 heteroatoms. The zero-order valence-corrected chi connectivity index (χ0v) is 13.3. The van der Waals surface area contributed by atoms with Crippen LogP contribution in [0, 0.1) is 11.8 Å². The Bertz CT molecular complexity index is 533. The lowest BCUT2D eigenvalue weighted by Gasteiger charge is -2.29. The number of hydrogen-bond acceptors (Lipinski definition) is 4. The van der Waals surface area contributed by atoms with E-state index in [1.807, 2.05) is 18.2 Å². The smallest absolute Gasteiger partial charge is 0.144 e. The SMILES string of the molecule is O[C@H]1CCCO[C@@H]1C#C[C@H]1OCCC[C@@H]1OCc1ccccc1. The molecule has 0 unspecified atom stereocenters. The van der Waals surface area contributed by atoms with Crippen molar-refractivity contribution < 1.29 is 19.3 Å². The van der Waals surface area contributed by atoms with Crippen LogP contribution in [0.4, 0.5) is 0 Å². The fraction of sp³-hybridized carbons (Fsp3) is 0.579. The normalized spacial score (nSPS) is 31.2. The van der Waals surface area contributed by atoms with E-state index in [2.05, 4.69) is 24.0 Å². The van der Waals surface area contributed by atoms with Crippen molar-refractivity contribution >= 4 is 0 Å². The van der Waals surface area contributed by atoms with Gasteiger partial charge in [0.1, 0.15) is 12.2 Å². The average molecular weight is 316 g/mol. The molecule has 2 heterocycles. The summed E-state index contributed by atoms with van der Waals surface area (Å²) in [5, 5.41) is 9.92. The Morgan fingerprint density at radius 1 is 1.00 bits per heavy atom. The van der Waals surface area contributed by atoms with Crippen LogP contribution in [0.2, 0.25) is 0 Å². The van der Waals surface area contributed by atoms with Crippen molar-refractivity contribution in [3.8, 4) is 11.8 Å². The van der Waals surface area contributed by atoms with E-state index in [0.29, 0.717) is 19.8 Å². The highest BCUT2D eigenvalue weighted by Crippen LogP contribution is 2.19. The maximum Gasteiger partial charge on any atom is 0.144 e. The molecule has 0 aliphatic carbocycles. The Hall–Kier alpha value is -1.38. The molecule has 4 atom stereocenters. The first-order valence-corrected chi connectivity index (χ1v) is 8.41. The summed E-state index contributed by atoms with van der Waals surface area (Å²) in [6.45, 7) is 1.93. The zero-order chi connectivity index (χ0) is 15.9. The molecule has 1 N–H and O–H groups in total. The van der Waals surface area contributed by atoms with E-state index in [1.54, 1.807) is 0 Å². The van der Waals surface area contributed by atoms with Crippen molar-refractivity contribution in [2.24, 2.45) is 0 Å². The van der Waals surface area contributed by atoms with Crippen LogP contribution < -0.4 is 0 Å². The minimum Gasteiger partial charge on any atom is -0.389 e. The first-order valence-electron chi connectivity index (χ1n) is 8.41. The van der Waals surface area contributed by atoms with Crippen LogP contribution in [-0.2, 0) is 20.8 Å². The van der Waals surface area contributed by atoms with Crippen LogP contribution >= 0.6 is 0 Å². The highest BCUT2D eigenvalue weighted by atomic mass is 16.5. The number of ether oxygens (including phenoxy) is 3. The van der Waals surface area contributed by atoms with E-state index in [1.165, 1.54) is 0 Å². The van der Waals surface area contributed by atoms with Crippen LogP contribution in [0.25, 0.3) is 0 Å². The Morgan fingerprint density at radius 3 is 2.48 bits per heavy atom. The van der Waals surface area contributed by atoms with Crippen molar-refractivity contribution in [1.29, 1.82) is 0 Å². The van der Waals surface area contributed by atoms with Gasteiger partial charge in [0.2, 0.25) is 0 Å². The number of hydrogen-bond donors (Lipinski definition) is 1. The molecule has 2 fully saturated rings. The van der Waals surface area contributed by atoms with E-state index in [0.717, 1.165) is 31.2 Å². The molecule has 2 aliphatic heterocycles. The summed E-state index contributed by atoms with van der Waals surface area (Å²) in [4.78, 5) is 0. The van der Waals surface area contributed by atoms with E-state index < -0.39 is 12.2 Å². The summed E-state index contributed by atoms with van der Waals surface area (Å²) >= 11 is 0. The third kappa shape index (κ3) is 4.79. The van der Waals surface area contributed by atoms with Crippen LogP contribution in [-0.4, -0.2) is 42.7 Å². The maximum atomic E-state index is 9.92. The van der Waals surface area contributed by atoms with E-state index in [-0.39, 0.29) is 12.2 Å². The van der Waals surface area contributed by atoms with Gasteiger partial charge in [0, 0.05) is 13.2 Å². The molecule has 1 aromatic carbocycles. The summed E-state index contributed by atoms with van der Waals surface area (Å²) < 4.78 is 17.3. The van der Waals surface area contributed by atoms with Gasteiger partial charge in [-0.25, -0.2) is 0 Å². The second-order valence-corrected chi connectivity index (χ2v) is 6.06. The summed E-state index contributed by atoms with van der Waals surface area (Å²) in [7, 11) is 0. The van der Waals surface area contributed by atoms with Gasteiger partial charge in [-0.2, -0.15) is 0 Å². The summed E-state index contributed by atoms with van der Waals surface area (Å²) in [5.74, 6) is 6.17. The first kappa shape index (κ1) is 16.5. The molecule has 4 nitrogen and oxygen atoms in total. The van der Waals surface area contributed by atoms with Crippen LogP contribution in [0.3, 0.4) is 0 Å². The second kappa shape index (κ2) is 8.47. The van der Waals surface area contributed by atoms with Crippen molar-refractivity contribution in [2.45, 2.75) is 56.7 Å². The molecular weight excluding hydrogens is 292 g/mol. The van der Waals surface area contributed by atoms with Gasteiger partial charge in [-0.3, -0.25) is 0 Å². The maximum absolute atomic E-state index is 9.92. The molecule has 3 rings (SSSR count). The number of benzene rings is 1. The molecule has 0 saturated carbocycles. The Kier molecular flexibility index (Phi) is 6.06. The molecular formula is C19H24O4. The van der Waals surface area contributed by atoms with Crippen LogP contribution in [0.15, 0.2) is 30.3 Å². The fourth-order valence-electron chi connectivity index (χ4n) is 2.90. The number of aliphatic hydroxyl groups is 1. The third-order valence-electron chi connectivity index (χ3n) is 4.23. The summed E-state index contributed by atoms with van der Waals surface area (Å²) in [5.41, 5.74) is 1.15. The lowest BCUT2D eigenvalue weighted by molar-refractivity contribution is -0.0872.